The lowest BCUT2D eigenvalue weighted by Gasteiger charge is -2.13. The maximum absolute atomic E-state index is 12.7. The number of amides is 2. The average molecular weight is 430 g/mol. The van der Waals surface area contributed by atoms with Crippen molar-refractivity contribution in [3.05, 3.63) is 63.5 Å². The Bertz CT molecular complexity index is 964. The van der Waals surface area contributed by atoms with Gasteiger partial charge in [-0.2, -0.15) is 0 Å². The molecular weight excluding hydrogens is 410 g/mol. The zero-order valence-electron chi connectivity index (χ0n) is 15.5. The van der Waals surface area contributed by atoms with Crippen molar-refractivity contribution in [3.8, 4) is 0 Å². The van der Waals surface area contributed by atoms with Crippen molar-refractivity contribution >= 4 is 62.7 Å². The summed E-state index contributed by atoms with van der Waals surface area (Å²) in [5.41, 5.74) is 2.89. The van der Waals surface area contributed by atoms with Gasteiger partial charge in [0.2, 0.25) is 5.91 Å². The van der Waals surface area contributed by atoms with Gasteiger partial charge >= 0.3 is 0 Å². The van der Waals surface area contributed by atoms with E-state index in [9.17, 15) is 9.59 Å². The Morgan fingerprint density at radius 3 is 2.75 bits per heavy atom. The normalized spacial score (nSPS) is 16.1. The number of thioether (sulfide) groups is 1. The Balaban J connectivity index is 1.60. The molecule has 0 aliphatic carbocycles. The molecule has 1 fully saturated rings. The van der Waals surface area contributed by atoms with E-state index in [1.807, 2.05) is 61.7 Å². The van der Waals surface area contributed by atoms with Gasteiger partial charge in [-0.15, -0.1) is 11.3 Å². The number of hydrogen-bond donors (Lipinski definition) is 1. The van der Waals surface area contributed by atoms with Crippen molar-refractivity contribution < 1.29 is 9.59 Å². The van der Waals surface area contributed by atoms with Crippen LogP contribution in [0.2, 0.25) is 0 Å². The number of carbonyl (C=O) groups excluding carboxylic acids is 2. The minimum Gasteiger partial charge on any atom is -0.302 e. The van der Waals surface area contributed by atoms with Gasteiger partial charge in [-0.3, -0.25) is 14.5 Å². The molecule has 0 spiro atoms. The third-order valence-corrected chi connectivity index (χ3v) is 6.11. The van der Waals surface area contributed by atoms with E-state index >= 15 is 0 Å². The predicted octanol–water partition coefficient (Wildman–Crippen LogP) is 4.63. The van der Waals surface area contributed by atoms with Crippen LogP contribution in [0.4, 0.5) is 5.13 Å². The third kappa shape index (κ3) is 5.37. The van der Waals surface area contributed by atoms with Crippen molar-refractivity contribution in [1.29, 1.82) is 0 Å². The molecule has 2 heterocycles. The predicted molar refractivity (Wildman–Crippen MR) is 120 cm³/mol. The summed E-state index contributed by atoms with van der Waals surface area (Å²) in [5, 5.41) is 5.18. The van der Waals surface area contributed by atoms with Crippen LogP contribution in [0.5, 0.6) is 0 Å². The summed E-state index contributed by atoms with van der Waals surface area (Å²) in [5.74, 6) is -0.346. The van der Waals surface area contributed by atoms with Crippen molar-refractivity contribution in [2.45, 2.75) is 20.3 Å². The molecule has 1 N–H and O–H groups in total. The Hall–Kier alpha value is -2.29. The Kier molecular flexibility index (Phi) is 6.77. The standard InChI is InChI=1S/C20H19N3O2S3/c1-13(10-15-6-4-3-5-7-15)11-16-18(25)23(20(26)28-16)9-8-17(24)22-19-21-14(2)12-27-19/h3-7,10-12H,8-9H2,1-2H3,(H,21,22,24)/b13-10+,16-11-. The number of thiazole rings is 1. The number of nitrogens with zero attached hydrogens (tertiary/aromatic N) is 2. The monoisotopic (exact) mass is 429 g/mol. The zero-order chi connectivity index (χ0) is 20.1. The van der Waals surface area contributed by atoms with Crippen LogP contribution < -0.4 is 5.32 Å². The SMILES string of the molecule is CC(/C=C1\SC(=S)N(CCC(=O)Nc2nc(C)cs2)C1=O)=C\c1ccccc1. The third-order valence-electron chi connectivity index (χ3n) is 3.85. The Morgan fingerprint density at radius 2 is 2.07 bits per heavy atom. The maximum atomic E-state index is 12.7. The lowest BCUT2D eigenvalue weighted by atomic mass is 10.1. The number of nitrogens with one attached hydrogen (secondary N) is 1. The number of allylic oxidation sites excluding steroid dienone is 2. The van der Waals surface area contributed by atoms with Gasteiger partial charge in [0.1, 0.15) is 4.32 Å². The number of anilines is 1. The molecule has 3 rings (SSSR count). The number of benzene rings is 1. The van der Waals surface area contributed by atoms with E-state index in [0.717, 1.165) is 16.8 Å². The summed E-state index contributed by atoms with van der Waals surface area (Å²) in [4.78, 5) is 31.0. The Labute approximate surface area is 177 Å². The van der Waals surface area contributed by atoms with Gasteiger partial charge in [-0.05, 0) is 31.1 Å². The van der Waals surface area contributed by atoms with Gasteiger partial charge in [-0.1, -0.05) is 60.4 Å². The molecule has 0 radical (unpaired) electrons. The van der Waals surface area contributed by atoms with Gasteiger partial charge in [-0.25, -0.2) is 4.98 Å². The number of hydrogen-bond acceptors (Lipinski definition) is 6. The van der Waals surface area contributed by atoms with Crippen LogP contribution in [0.3, 0.4) is 0 Å². The molecular formula is C20H19N3O2S3. The highest BCUT2D eigenvalue weighted by Crippen LogP contribution is 2.32. The summed E-state index contributed by atoms with van der Waals surface area (Å²) in [6.45, 7) is 4.06. The molecule has 8 heteroatoms. The van der Waals surface area contributed by atoms with Crippen molar-refractivity contribution in [2.75, 3.05) is 11.9 Å². The molecule has 1 aromatic heterocycles. The van der Waals surface area contributed by atoms with Crippen LogP contribution in [0.1, 0.15) is 24.6 Å². The van der Waals surface area contributed by atoms with Crippen LogP contribution in [0.15, 0.2) is 52.3 Å². The summed E-state index contributed by atoms with van der Waals surface area (Å²) in [6.07, 6.45) is 4.01. The quantitative estimate of drug-likeness (QED) is 0.536. The lowest BCUT2D eigenvalue weighted by molar-refractivity contribution is -0.122. The molecule has 0 bridgehead atoms. The number of thiocarbonyl (C=S) groups is 1. The van der Waals surface area contributed by atoms with E-state index in [0.29, 0.717) is 14.4 Å². The summed E-state index contributed by atoms with van der Waals surface area (Å²) in [6, 6.07) is 9.91. The minimum atomic E-state index is -0.187. The van der Waals surface area contributed by atoms with Crippen molar-refractivity contribution in [1.82, 2.24) is 9.88 Å². The second-order valence-electron chi connectivity index (χ2n) is 6.22. The van der Waals surface area contributed by atoms with Gasteiger partial charge in [0, 0.05) is 18.3 Å². The van der Waals surface area contributed by atoms with E-state index < -0.39 is 0 Å². The molecule has 2 aromatic rings. The first-order valence-electron chi connectivity index (χ1n) is 8.63. The first-order chi connectivity index (χ1) is 13.4. The molecule has 0 unspecified atom stereocenters. The van der Waals surface area contributed by atoms with Crippen LogP contribution in [-0.4, -0.2) is 32.6 Å². The van der Waals surface area contributed by atoms with E-state index in [2.05, 4.69) is 10.3 Å². The fourth-order valence-electron chi connectivity index (χ4n) is 2.56. The molecule has 1 aliphatic heterocycles. The van der Waals surface area contributed by atoms with Gasteiger partial charge in [0.25, 0.3) is 5.91 Å². The Morgan fingerprint density at radius 1 is 1.32 bits per heavy atom. The van der Waals surface area contributed by atoms with E-state index in [4.69, 9.17) is 12.2 Å². The first kappa shape index (κ1) is 20.4. The van der Waals surface area contributed by atoms with Crippen LogP contribution >= 0.6 is 35.3 Å². The number of aryl methyl sites for hydroxylation is 1. The lowest BCUT2D eigenvalue weighted by Crippen LogP contribution is -2.31. The van der Waals surface area contributed by atoms with E-state index in [1.165, 1.54) is 28.0 Å². The molecule has 5 nitrogen and oxygen atoms in total. The molecule has 0 saturated carbocycles. The first-order valence-corrected chi connectivity index (χ1v) is 10.7. The van der Waals surface area contributed by atoms with Gasteiger partial charge in [0.05, 0.1) is 10.6 Å². The molecule has 1 saturated heterocycles. The highest BCUT2D eigenvalue weighted by molar-refractivity contribution is 8.26. The fourth-order valence-corrected chi connectivity index (χ4v) is 4.62. The molecule has 0 atom stereocenters. The van der Waals surface area contributed by atoms with Crippen LogP contribution in [0, 0.1) is 6.92 Å². The highest BCUT2D eigenvalue weighted by Gasteiger charge is 2.32. The molecule has 1 aliphatic rings. The van der Waals surface area contributed by atoms with Crippen molar-refractivity contribution in [3.63, 3.8) is 0 Å². The highest BCUT2D eigenvalue weighted by atomic mass is 32.2. The minimum absolute atomic E-state index is 0.159. The van der Waals surface area contributed by atoms with Gasteiger partial charge < -0.3 is 5.32 Å². The molecule has 144 valence electrons. The second kappa shape index (κ2) is 9.27. The van der Waals surface area contributed by atoms with Crippen LogP contribution in [0.25, 0.3) is 6.08 Å². The topological polar surface area (TPSA) is 62.3 Å². The number of aromatic nitrogens is 1. The summed E-state index contributed by atoms with van der Waals surface area (Å²) in [7, 11) is 0. The summed E-state index contributed by atoms with van der Waals surface area (Å²) < 4.78 is 0.474. The number of carbonyl (C=O) groups is 2. The molecule has 2 amide bonds. The van der Waals surface area contributed by atoms with Crippen LogP contribution in [-0.2, 0) is 9.59 Å². The zero-order valence-corrected chi connectivity index (χ0v) is 17.9. The van der Waals surface area contributed by atoms with E-state index in [1.54, 1.807) is 0 Å². The summed E-state index contributed by atoms with van der Waals surface area (Å²) >= 11 is 7.97. The smallest absolute Gasteiger partial charge is 0.266 e. The number of rotatable bonds is 6. The maximum Gasteiger partial charge on any atom is 0.266 e. The second-order valence-corrected chi connectivity index (χ2v) is 8.76. The average Bonchev–Trinajstić information content (AvgIpc) is 3.17. The molecule has 28 heavy (non-hydrogen) atoms. The van der Waals surface area contributed by atoms with Gasteiger partial charge in [0.15, 0.2) is 5.13 Å². The van der Waals surface area contributed by atoms with Crippen molar-refractivity contribution in [2.24, 2.45) is 0 Å². The largest absolute Gasteiger partial charge is 0.302 e. The van der Waals surface area contributed by atoms with E-state index in [-0.39, 0.29) is 24.8 Å². The fraction of sp³-hybridized carbons (Fsp3) is 0.200. The molecule has 1 aromatic carbocycles.